The van der Waals surface area contributed by atoms with Crippen LogP contribution in [0, 0.1) is 0 Å². The molecule has 150 valence electrons. The molecule has 1 aromatic carbocycles. The van der Waals surface area contributed by atoms with E-state index >= 15 is 0 Å². The molecule has 1 aliphatic heterocycles. The van der Waals surface area contributed by atoms with Crippen molar-refractivity contribution >= 4 is 38.7 Å². The highest BCUT2D eigenvalue weighted by Gasteiger charge is 2.44. The third-order valence-corrected chi connectivity index (χ3v) is 6.22. The van der Waals surface area contributed by atoms with Crippen molar-refractivity contribution in [3.05, 3.63) is 39.6 Å². The van der Waals surface area contributed by atoms with Crippen LogP contribution in [0.3, 0.4) is 0 Å². The highest BCUT2D eigenvalue weighted by Crippen LogP contribution is 2.40. The molecule has 10 heteroatoms. The lowest BCUT2D eigenvalue weighted by molar-refractivity contribution is 0.0599. The summed E-state index contributed by atoms with van der Waals surface area (Å²) in [6.07, 6.45) is 1.06. The number of sulfone groups is 1. The first-order valence-corrected chi connectivity index (χ1v) is 11.3. The van der Waals surface area contributed by atoms with Crippen LogP contribution < -0.4 is 15.2 Å². The van der Waals surface area contributed by atoms with Crippen LogP contribution in [0.1, 0.15) is 38.6 Å². The molecule has 0 spiro atoms. The van der Waals surface area contributed by atoms with Gasteiger partial charge in [-0.15, -0.1) is 11.3 Å². The molecule has 2 amide bonds. The number of fused-ring (bicyclic) bond motifs is 1. The number of hydrogen-bond donors (Lipinski definition) is 1. The average Bonchev–Trinajstić information content (AvgIpc) is 3.12. The number of nitrogens with zero attached hydrogens (tertiary/aromatic N) is 1. The van der Waals surface area contributed by atoms with Gasteiger partial charge in [-0.3, -0.25) is 14.5 Å². The summed E-state index contributed by atoms with van der Waals surface area (Å²) >= 11 is 1.07. The molecule has 0 saturated heterocycles. The lowest BCUT2D eigenvalue weighted by Crippen LogP contribution is -2.37. The Balaban J connectivity index is 2.10. The van der Waals surface area contributed by atoms with E-state index in [2.05, 4.69) is 0 Å². The maximum atomic E-state index is 12.9. The standard InChI is InChI=1S/C18H20N2O6S2/c1-4-26-14-7-10(5-6-13(14)25-2)12(9-28(3,23)24)20-17(21)15-11(19)8-27-16(15)18(20)22/h5-8,12H,4,9,19H2,1-3H3/t12-/m1/s1. The van der Waals surface area contributed by atoms with Gasteiger partial charge < -0.3 is 15.2 Å². The summed E-state index contributed by atoms with van der Waals surface area (Å²) in [4.78, 5) is 27.0. The molecule has 0 radical (unpaired) electrons. The number of imide groups is 1. The molecule has 0 bridgehead atoms. The van der Waals surface area contributed by atoms with Crippen LogP contribution in [0.25, 0.3) is 0 Å². The molecular weight excluding hydrogens is 404 g/mol. The Kier molecular flexibility index (Phi) is 5.35. The Bertz CT molecular complexity index is 1040. The van der Waals surface area contributed by atoms with E-state index in [1.807, 2.05) is 0 Å². The average molecular weight is 425 g/mol. The molecule has 2 heterocycles. The van der Waals surface area contributed by atoms with E-state index in [9.17, 15) is 18.0 Å². The lowest BCUT2D eigenvalue weighted by atomic mass is 10.1. The number of hydrogen-bond acceptors (Lipinski definition) is 8. The number of amides is 2. The van der Waals surface area contributed by atoms with Crippen molar-refractivity contribution in [2.24, 2.45) is 0 Å². The van der Waals surface area contributed by atoms with Crippen LogP contribution in [0.5, 0.6) is 11.5 Å². The molecule has 0 unspecified atom stereocenters. The zero-order valence-corrected chi connectivity index (χ0v) is 17.2. The van der Waals surface area contributed by atoms with Crippen molar-refractivity contribution in [3.8, 4) is 11.5 Å². The first-order valence-electron chi connectivity index (χ1n) is 8.41. The number of anilines is 1. The van der Waals surface area contributed by atoms with Crippen molar-refractivity contribution < 1.29 is 27.5 Å². The summed E-state index contributed by atoms with van der Waals surface area (Å²) in [5, 5.41) is 1.53. The van der Waals surface area contributed by atoms with E-state index in [1.54, 1.807) is 25.1 Å². The number of rotatable bonds is 7. The van der Waals surface area contributed by atoms with Crippen molar-refractivity contribution in [1.82, 2.24) is 4.90 Å². The third kappa shape index (κ3) is 3.57. The largest absolute Gasteiger partial charge is 0.493 e. The zero-order chi connectivity index (χ0) is 20.6. The van der Waals surface area contributed by atoms with Gasteiger partial charge in [-0.2, -0.15) is 0 Å². The molecule has 1 aromatic heterocycles. The molecule has 0 fully saturated rings. The number of ether oxygens (including phenoxy) is 2. The second-order valence-corrected chi connectivity index (χ2v) is 9.39. The maximum absolute atomic E-state index is 12.9. The van der Waals surface area contributed by atoms with E-state index in [0.29, 0.717) is 23.7 Å². The van der Waals surface area contributed by atoms with Crippen LogP contribution in [-0.4, -0.2) is 50.9 Å². The summed E-state index contributed by atoms with van der Waals surface area (Å²) in [5.41, 5.74) is 6.62. The van der Waals surface area contributed by atoms with Crippen LogP contribution in [0.2, 0.25) is 0 Å². The normalized spacial score (nSPS) is 14.9. The highest BCUT2D eigenvalue weighted by atomic mass is 32.2. The number of methoxy groups -OCH3 is 1. The van der Waals surface area contributed by atoms with Crippen molar-refractivity contribution in [3.63, 3.8) is 0 Å². The zero-order valence-electron chi connectivity index (χ0n) is 15.6. The van der Waals surface area contributed by atoms with Crippen molar-refractivity contribution in [2.75, 3.05) is 31.5 Å². The highest BCUT2D eigenvalue weighted by molar-refractivity contribution is 7.90. The SMILES string of the molecule is CCOc1cc([C@@H](CS(C)(=O)=O)N2C(=O)c3scc(N)c3C2=O)ccc1OC. The van der Waals surface area contributed by atoms with Gasteiger partial charge in [0.05, 0.1) is 36.8 Å². The third-order valence-electron chi connectivity index (χ3n) is 4.31. The van der Waals surface area contributed by atoms with Gasteiger partial charge in [0.15, 0.2) is 11.5 Å². The Labute approximate surface area is 166 Å². The molecule has 1 aliphatic rings. The quantitative estimate of drug-likeness (QED) is 0.677. The molecule has 1 atom stereocenters. The molecule has 28 heavy (non-hydrogen) atoms. The van der Waals surface area contributed by atoms with Gasteiger partial charge in [0.2, 0.25) is 0 Å². The van der Waals surface area contributed by atoms with Crippen LogP contribution in [0.4, 0.5) is 5.69 Å². The van der Waals surface area contributed by atoms with E-state index < -0.39 is 33.4 Å². The van der Waals surface area contributed by atoms with Crippen LogP contribution in [0.15, 0.2) is 23.6 Å². The fourth-order valence-corrected chi connectivity index (χ4v) is 4.93. The first-order chi connectivity index (χ1) is 13.2. The smallest absolute Gasteiger partial charge is 0.272 e. The second-order valence-electron chi connectivity index (χ2n) is 6.33. The summed E-state index contributed by atoms with van der Waals surface area (Å²) in [5.74, 6) is -0.706. The van der Waals surface area contributed by atoms with Gasteiger partial charge in [-0.05, 0) is 24.6 Å². The van der Waals surface area contributed by atoms with Gasteiger partial charge in [0.25, 0.3) is 11.8 Å². The minimum absolute atomic E-state index is 0.132. The van der Waals surface area contributed by atoms with Gasteiger partial charge in [0.1, 0.15) is 14.7 Å². The summed E-state index contributed by atoms with van der Waals surface area (Å²) < 4.78 is 34.9. The van der Waals surface area contributed by atoms with Gasteiger partial charge in [-0.1, -0.05) is 6.07 Å². The van der Waals surface area contributed by atoms with E-state index in [-0.39, 0.29) is 16.1 Å². The molecule has 8 nitrogen and oxygen atoms in total. The number of thiophene rings is 1. The minimum Gasteiger partial charge on any atom is -0.493 e. The van der Waals surface area contributed by atoms with Crippen LogP contribution >= 0.6 is 11.3 Å². The van der Waals surface area contributed by atoms with E-state index in [4.69, 9.17) is 15.2 Å². The topological polar surface area (TPSA) is 116 Å². The number of carbonyl (C=O) groups excluding carboxylic acids is 2. The number of nitrogens with two attached hydrogens (primary N) is 1. The molecule has 2 N–H and O–H groups in total. The summed E-state index contributed by atoms with van der Waals surface area (Å²) in [6, 6.07) is 3.81. The van der Waals surface area contributed by atoms with E-state index in [1.165, 1.54) is 12.5 Å². The number of benzene rings is 1. The van der Waals surface area contributed by atoms with Gasteiger partial charge in [-0.25, -0.2) is 8.42 Å². The molecular formula is C18H20N2O6S2. The Morgan fingerprint density at radius 1 is 1.21 bits per heavy atom. The predicted molar refractivity (Wildman–Crippen MR) is 106 cm³/mol. The first kappa shape index (κ1) is 20.2. The fourth-order valence-electron chi connectivity index (χ4n) is 3.13. The van der Waals surface area contributed by atoms with Crippen molar-refractivity contribution in [2.45, 2.75) is 13.0 Å². The Morgan fingerprint density at radius 2 is 1.93 bits per heavy atom. The molecule has 3 rings (SSSR count). The molecule has 0 aliphatic carbocycles. The lowest BCUT2D eigenvalue weighted by Gasteiger charge is -2.27. The Morgan fingerprint density at radius 3 is 2.50 bits per heavy atom. The fraction of sp³-hybridized carbons (Fsp3) is 0.333. The number of nitrogen functional groups attached to an aromatic ring is 1. The second kappa shape index (κ2) is 7.44. The molecule has 2 aromatic rings. The summed E-state index contributed by atoms with van der Waals surface area (Å²) in [7, 11) is -2.04. The van der Waals surface area contributed by atoms with Crippen LogP contribution in [-0.2, 0) is 9.84 Å². The monoisotopic (exact) mass is 424 g/mol. The number of carbonyl (C=O) groups is 2. The maximum Gasteiger partial charge on any atom is 0.272 e. The van der Waals surface area contributed by atoms with Gasteiger partial charge >= 0.3 is 0 Å². The van der Waals surface area contributed by atoms with Gasteiger partial charge in [0, 0.05) is 11.6 Å². The molecule has 0 saturated carbocycles. The van der Waals surface area contributed by atoms with Crippen molar-refractivity contribution in [1.29, 1.82) is 0 Å². The predicted octanol–water partition coefficient (Wildman–Crippen LogP) is 2.12. The minimum atomic E-state index is -3.52. The van der Waals surface area contributed by atoms with E-state index in [0.717, 1.165) is 22.5 Å². The summed E-state index contributed by atoms with van der Waals surface area (Å²) in [6.45, 7) is 2.17. The Hall–Kier alpha value is -2.59.